The van der Waals surface area contributed by atoms with Crippen LogP contribution in [0.25, 0.3) is 0 Å². The number of carbonyl (C=O) groups excluding carboxylic acids is 2. The molecule has 2 aliphatic rings. The van der Waals surface area contributed by atoms with E-state index in [2.05, 4.69) is 24.0 Å². The highest BCUT2D eigenvalue weighted by molar-refractivity contribution is 5.97. The zero-order chi connectivity index (χ0) is 22.0. The van der Waals surface area contributed by atoms with Crippen molar-refractivity contribution in [3.05, 3.63) is 47.3 Å². The summed E-state index contributed by atoms with van der Waals surface area (Å²) in [7, 11) is 1.58. The Morgan fingerprint density at radius 1 is 1.00 bits per heavy atom. The van der Waals surface area contributed by atoms with Crippen LogP contribution in [0.15, 0.2) is 30.5 Å². The fourth-order valence-corrected chi connectivity index (χ4v) is 5.10. The number of aromatic nitrogens is 2. The number of nitrogens with one attached hydrogen (secondary N) is 1. The van der Waals surface area contributed by atoms with E-state index in [0.29, 0.717) is 30.0 Å². The number of rotatable bonds is 4. The monoisotopic (exact) mass is 424 g/mol. The van der Waals surface area contributed by atoms with Gasteiger partial charge in [0.15, 0.2) is 0 Å². The summed E-state index contributed by atoms with van der Waals surface area (Å²) in [6.07, 6.45) is 6.55. The molecule has 4 rings (SSSR count). The Balaban J connectivity index is 1.45. The van der Waals surface area contributed by atoms with Crippen LogP contribution in [0.5, 0.6) is 5.75 Å². The molecular weight excluding hydrogens is 392 g/mol. The molecule has 0 bridgehead atoms. The van der Waals surface area contributed by atoms with Crippen molar-refractivity contribution in [3.8, 4) is 5.75 Å². The highest BCUT2D eigenvalue weighted by Gasteiger charge is 2.34. The molecule has 0 unspecified atom stereocenters. The van der Waals surface area contributed by atoms with E-state index in [1.807, 2.05) is 28.0 Å². The first-order valence-electron chi connectivity index (χ1n) is 11.3. The molecule has 2 aliphatic heterocycles. The second-order valence-corrected chi connectivity index (χ2v) is 8.81. The largest absolute Gasteiger partial charge is 0.496 e. The summed E-state index contributed by atoms with van der Waals surface area (Å²) in [5, 5.41) is 7.32. The van der Waals surface area contributed by atoms with Crippen LogP contribution in [0.1, 0.15) is 78.3 Å². The second-order valence-electron chi connectivity index (χ2n) is 8.81. The summed E-state index contributed by atoms with van der Waals surface area (Å²) < 4.78 is 5.35. The lowest BCUT2D eigenvalue weighted by Gasteiger charge is -2.39. The molecule has 166 valence electrons. The summed E-state index contributed by atoms with van der Waals surface area (Å²) in [4.78, 5) is 30.3. The maximum atomic E-state index is 13.4. The molecule has 1 aromatic carbocycles. The van der Waals surface area contributed by atoms with Gasteiger partial charge in [0.25, 0.3) is 11.8 Å². The van der Waals surface area contributed by atoms with Crippen LogP contribution >= 0.6 is 0 Å². The lowest BCUT2D eigenvalue weighted by Crippen LogP contribution is -2.47. The Labute approximate surface area is 183 Å². The van der Waals surface area contributed by atoms with Gasteiger partial charge in [0.2, 0.25) is 0 Å². The Morgan fingerprint density at radius 2 is 1.68 bits per heavy atom. The highest BCUT2D eigenvalue weighted by atomic mass is 16.5. The van der Waals surface area contributed by atoms with Gasteiger partial charge < -0.3 is 14.5 Å². The quantitative estimate of drug-likeness (QED) is 0.809. The number of methoxy groups -OCH3 is 1. The minimum atomic E-state index is -0.00669. The van der Waals surface area contributed by atoms with Crippen molar-refractivity contribution >= 4 is 11.8 Å². The molecule has 2 saturated heterocycles. The van der Waals surface area contributed by atoms with Gasteiger partial charge in [0, 0.05) is 31.1 Å². The maximum Gasteiger partial charge on any atom is 0.257 e. The smallest absolute Gasteiger partial charge is 0.257 e. The van der Waals surface area contributed by atoms with Crippen molar-refractivity contribution in [2.24, 2.45) is 0 Å². The summed E-state index contributed by atoms with van der Waals surface area (Å²) in [5.74, 6) is 0.864. The van der Waals surface area contributed by atoms with Gasteiger partial charge in [-0.3, -0.25) is 14.7 Å². The average Bonchev–Trinajstić information content (AvgIpc) is 3.28. The van der Waals surface area contributed by atoms with Gasteiger partial charge in [-0.25, -0.2) is 0 Å². The van der Waals surface area contributed by atoms with Crippen LogP contribution < -0.4 is 4.74 Å². The lowest BCUT2D eigenvalue weighted by molar-refractivity contribution is 0.0507. The van der Waals surface area contributed by atoms with Gasteiger partial charge in [-0.2, -0.15) is 5.10 Å². The topological polar surface area (TPSA) is 78.5 Å². The van der Waals surface area contributed by atoms with Crippen molar-refractivity contribution in [1.29, 1.82) is 0 Å². The first-order chi connectivity index (χ1) is 15.0. The fraction of sp³-hybridized carbons (Fsp3) is 0.542. The van der Waals surface area contributed by atoms with Crippen LogP contribution in [-0.4, -0.2) is 64.1 Å². The van der Waals surface area contributed by atoms with Crippen molar-refractivity contribution in [2.75, 3.05) is 20.2 Å². The molecule has 2 amide bonds. The van der Waals surface area contributed by atoms with Gasteiger partial charge in [-0.15, -0.1) is 0 Å². The minimum Gasteiger partial charge on any atom is -0.496 e. The molecule has 7 nitrogen and oxygen atoms in total. The molecule has 3 heterocycles. The number of aromatic amines is 1. The molecule has 1 N–H and O–H groups in total. The van der Waals surface area contributed by atoms with E-state index in [4.69, 9.17) is 4.74 Å². The minimum absolute atomic E-state index is 0.00669. The third-order valence-corrected chi connectivity index (χ3v) is 6.86. The van der Waals surface area contributed by atoms with Gasteiger partial charge in [0.05, 0.1) is 30.1 Å². The molecule has 7 heteroatoms. The predicted octanol–water partition coefficient (Wildman–Crippen LogP) is 3.84. The van der Waals surface area contributed by atoms with E-state index >= 15 is 0 Å². The second kappa shape index (κ2) is 9.12. The van der Waals surface area contributed by atoms with E-state index in [0.717, 1.165) is 31.4 Å². The molecule has 0 radical (unpaired) electrons. The zero-order valence-corrected chi connectivity index (χ0v) is 18.6. The number of ether oxygens (including phenoxy) is 1. The first-order valence-corrected chi connectivity index (χ1v) is 11.3. The number of para-hydroxylation sites is 1. The average molecular weight is 425 g/mol. The summed E-state index contributed by atoms with van der Waals surface area (Å²) >= 11 is 0. The predicted molar refractivity (Wildman–Crippen MR) is 118 cm³/mol. The third-order valence-electron chi connectivity index (χ3n) is 6.86. The fourth-order valence-electron chi connectivity index (χ4n) is 5.10. The van der Waals surface area contributed by atoms with Crippen molar-refractivity contribution < 1.29 is 14.3 Å². The van der Waals surface area contributed by atoms with Crippen molar-refractivity contribution in [3.63, 3.8) is 0 Å². The molecule has 0 aliphatic carbocycles. The summed E-state index contributed by atoms with van der Waals surface area (Å²) in [5.41, 5.74) is 2.20. The number of piperidine rings is 2. The standard InChI is InChI=1S/C24H32N4O3/c1-16-7-6-8-17(2)28(16)24(30)20-15-25-26-22(20)18-11-13-27(14-12-18)23(29)19-9-4-5-10-21(19)31-3/h4-5,9-10,15-18H,6-8,11-14H2,1-3H3,(H,25,26)/t16-,17-/m0/s1. The normalized spacial score (nSPS) is 22.4. The van der Waals surface area contributed by atoms with Crippen LogP contribution in [0.2, 0.25) is 0 Å². The Hall–Kier alpha value is -2.83. The van der Waals surface area contributed by atoms with Crippen LogP contribution in [0.4, 0.5) is 0 Å². The number of benzene rings is 1. The number of H-pyrrole nitrogens is 1. The van der Waals surface area contributed by atoms with E-state index < -0.39 is 0 Å². The number of carbonyl (C=O) groups is 2. The Morgan fingerprint density at radius 3 is 2.35 bits per heavy atom. The number of hydrogen-bond donors (Lipinski definition) is 1. The van der Waals surface area contributed by atoms with E-state index in [9.17, 15) is 9.59 Å². The SMILES string of the molecule is COc1ccccc1C(=O)N1CCC(c2[nH]ncc2C(=O)N2[C@@H](C)CCC[C@@H]2C)CC1. The van der Waals surface area contributed by atoms with Crippen molar-refractivity contribution in [2.45, 2.75) is 64.0 Å². The molecule has 2 aromatic rings. The van der Waals surface area contributed by atoms with Gasteiger partial charge in [0.1, 0.15) is 5.75 Å². The number of nitrogens with zero attached hydrogens (tertiary/aromatic N) is 3. The molecule has 2 atom stereocenters. The highest BCUT2D eigenvalue weighted by Crippen LogP contribution is 2.32. The molecule has 0 spiro atoms. The molecule has 1 aromatic heterocycles. The third kappa shape index (κ3) is 4.18. The zero-order valence-electron chi connectivity index (χ0n) is 18.6. The first kappa shape index (κ1) is 21.4. The number of likely N-dealkylation sites (tertiary alicyclic amines) is 2. The van der Waals surface area contributed by atoms with E-state index in [1.54, 1.807) is 19.4 Å². The van der Waals surface area contributed by atoms with Crippen LogP contribution in [-0.2, 0) is 0 Å². The number of amides is 2. The van der Waals surface area contributed by atoms with Gasteiger partial charge in [-0.1, -0.05) is 12.1 Å². The van der Waals surface area contributed by atoms with Crippen molar-refractivity contribution in [1.82, 2.24) is 20.0 Å². The Kier molecular flexibility index (Phi) is 6.30. The maximum absolute atomic E-state index is 13.4. The Bertz CT molecular complexity index is 922. The lowest BCUT2D eigenvalue weighted by atomic mass is 9.89. The summed E-state index contributed by atoms with van der Waals surface area (Å²) in [6, 6.07) is 7.83. The van der Waals surface area contributed by atoms with Gasteiger partial charge >= 0.3 is 0 Å². The summed E-state index contributed by atoms with van der Waals surface area (Å²) in [6.45, 7) is 5.56. The number of hydrogen-bond acceptors (Lipinski definition) is 4. The van der Waals surface area contributed by atoms with E-state index in [1.165, 1.54) is 6.42 Å². The molecule has 0 saturated carbocycles. The van der Waals surface area contributed by atoms with E-state index in [-0.39, 0.29) is 29.8 Å². The molecular formula is C24H32N4O3. The van der Waals surface area contributed by atoms with Gasteiger partial charge in [-0.05, 0) is 58.1 Å². The molecule has 31 heavy (non-hydrogen) atoms. The molecule has 2 fully saturated rings. The van der Waals surface area contributed by atoms with Crippen LogP contribution in [0.3, 0.4) is 0 Å². The van der Waals surface area contributed by atoms with Crippen LogP contribution in [0, 0.1) is 0 Å².